The van der Waals surface area contributed by atoms with Crippen LogP contribution in [0.4, 0.5) is 4.39 Å². The highest BCUT2D eigenvalue weighted by Crippen LogP contribution is 2.46. The van der Waals surface area contributed by atoms with E-state index < -0.39 is 83.3 Å². The fraction of sp³-hybridized carbons (Fsp3) is 0.481. The minimum absolute atomic E-state index is 0.0442. The van der Waals surface area contributed by atoms with Crippen LogP contribution in [0.1, 0.15) is 123 Å². The molecule has 8 N–H and O–H groups in total. The summed E-state index contributed by atoms with van der Waals surface area (Å²) < 4.78 is 28.5. The molecular weight excluding hydrogens is 986 g/mol. The van der Waals surface area contributed by atoms with Crippen LogP contribution in [0.3, 0.4) is 0 Å². The quantitative estimate of drug-likeness (QED) is 0.0279. The summed E-state index contributed by atoms with van der Waals surface area (Å²) in [5.41, 5.74) is 0.699. The molecule has 2 aromatic heterocycles. The van der Waals surface area contributed by atoms with Crippen molar-refractivity contribution >= 4 is 58.2 Å². The van der Waals surface area contributed by atoms with Gasteiger partial charge in [-0.15, -0.1) is 0 Å². The number of ether oxygens (including phenoxy) is 2. The van der Waals surface area contributed by atoms with Crippen LogP contribution in [-0.4, -0.2) is 107 Å². The summed E-state index contributed by atoms with van der Waals surface area (Å²) in [6, 6.07) is 10.0. The van der Waals surface area contributed by atoms with Crippen molar-refractivity contribution in [1.29, 1.82) is 0 Å². The third-order valence-electron chi connectivity index (χ3n) is 14.8. The molecule has 404 valence electrons. The number of fused-ring (bicyclic) bond motifs is 5. The first-order valence-corrected chi connectivity index (χ1v) is 25.8. The summed E-state index contributed by atoms with van der Waals surface area (Å²) in [6.45, 7) is 3.26. The second-order valence-electron chi connectivity index (χ2n) is 19.8. The largest absolute Gasteiger partial charge is 0.458 e. The van der Waals surface area contributed by atoms with Gasteiger partial charge in [0.2, 0.25) is 35.4 Å². The number of cyclic esters (lactones) is 1. The van der Waals surface area contributed by atoms with Crippen molar-refractivity contribution in [3.8, 4) is 11.4 Å². The molecule has 2 aliphatic heterocycles. The van der Waals surface area contributed by atoms with Gasteiger partial charge in [-0.3, -0.25) is 38.4 Å². The Kier molecular flexibility index (Phi) is 16.9. The summed E-state index contributed by atoms with van der Waals surface area (Å²) in [4.78, 5) is 122. The maximum atomic E-state index is 15.5. The van der Waals surface area contributed by atoms with Crippen molar-refractivity contribution in [2.45, 2.75) is 134 Å². The molecule has 1 saturated carbocycles. The minimum atomic E-state index is -2.05. The summed E-state index contributed by atoms with van der Waals surface area (Å²) >= 11 is 0. The second-order valence-corrected chi connectivity index (χ2v) is 19.8. The minimum Gasteiger partial charge on any atom is -0.458 e. The van der Waals surface area contributed by atoms with Gasteiger partial charge in [0.05, 0.1) is 54.7 Å². The van der Waals surface area contributed by atoms with Gasteiger partial charge in [0.15, 0.2) is 5.60 Å². The zero-order valence-electron chi connectivity index (χ0n) is 42.8. The molecule has 22 heteroatoms. The maximum absolute atomic E-state index is 15.5. The third kappa shape index (κ3) is 11.8. The number of rotatable bonds is 22. The van der Waals surface area contributed by atoms with E-state index >= 15 is 4.39 Å². The van der Waals surface area contributed by atoms with E-state index in [0.29, 0.717) is 109 Å². The number of amides is 7. The van der Waals surface area contributed by atoms with Crippen LogP contribution in [0.2, 0.25) is 0 Å². The van der Waals surface area contributed by atoms with Crippen molar-refractivity contribution in [3.05, 3.63) is 97.6 Å². The lowest BCUT2D eigenvalue weighted by Gasteiger charge is -2.34. The molecule has 4 heterocycles. The van der Waals surface area contributed by atoms with Crippen LogP contribution in [-0.2, 0) is 79.4 Å². The van der Waals surface area contributed by atoms with E-state index in [0.717, 1.165) is 5.56 Å². The average molecular weight is 1050 g/mol. The molecule has 4 aliphatic rings. The molecule has 21 nitrogen and oxygen atoms in total. The predicted molar refractivity (Wildman–Crippen MR) is 272 cm³/mol. The first kappa shape index (κ1) is 54.7. The first-order chi connectivity index (χ1) is 36.4. The third-order valence-corrected chi connectivity index (χ3v) is 14.8. The summed E-state index contributed by atoms with van der Waals surface area (Å²) in [5, 5.41) is 30.7. The van der Waals surface area contributed by atoms with Gasteiger partial charge < -0.3 is 56.4 Å². The Morgan fingerprint density at radius 2 is 1.59 bits per heavy atom. The number of aromatic nitrogens is 2. The van der Waals surface area contributed by atoms with Crippen molar-refractivity contribution in [2.24, 2.45) is 0 Å². The molecule has 4 aromatic rings. The van der Waals surface area contributed by atoms with Crippen LogP contribution in [0, 0.1) is 12.7 Å². The van der Waals surface area contributed by atoms with E-state index in [4.69, 9.17) is 14.5 Å². The number of carbonyl (C=O) groups is 8. The average Bonchev–Trinajstić information content (AvgIpc) is 4.09. The van der Waals surface area contributed by atoms with Crippen LogP contribution < -0.4 is 42.8 Å². The van der Waals surface area contributed by atoms with Crippen molar-refractivity contribution in [2.75, 3.05) is 32.9 Å². The van der Waals surface area contributed by atoms with Crippen molar-refractivity contribution in [1.82, 2.24) is 46.8 Å². The predicted octanol–water partition coefficient (Wildman–Crippen LogP) is 1.81. The van der Waals surface area contributed by atoms with Gasteiger partial charge in [-0.25, -0.2) is 14.2 Å². The lowest BCUT2D eigenvalue weighted by atomic mass is 9.81. The molecule has 2 aromatic carbocycles. The number of nitrogens with one attached hydrogen (secondary N) is 7. The number of hydrogen-bond donors (Lipinski definition) is 8. The first-order valence-electron chi connectivity index (χ1n) is 25.8. The van der Waals surface area contributed by atoms with Crippen LogP contribution in [0.5, 0.6) is 0 Å². The van der Waals surface area contributed by atoms with Crippen molar-refractivity contribution < 1.29 is 57.3 Å². The molecule has 0 unspecified atom stereocenters. The van der Waals surface area contributed by atoms with E-state index in [2.05, 4.69) is 37.2 Å². The second kappa shape index (κ2) is 23.5. The fourth-order valence-corrected chi connectivity index (χ4v) is 10.6. The highest BCUT2D eigenvalue weighted by atomic mass is 19.1. The summed E-state index contributed by atoms with van der Waals surface area (Å²) in [7, 11) is 0. The Hall–Kier alpha value is -7.59. The molecule has 0 spiro atoms. The van der Waals surface area contributed by atoms with Crippen LogP contribution in [0.25, 0.3) is 22.3 Å². The van der Waals surface area contributed by atoms with E-state index in [9.17, 15) is 48.3 Å². The standard InChI is InChI=1S/C54H64FN9O12/c1-4-54(74)36-22-41-48-34(27-64(41)50(71)35(36)28-75-52(54)73)47-38(17-16-33-30(2)37(55)23-39(62-48)46(33)47)63-51(72)53(18-10-11-19-53)76-29-60-44(68)25-59-49(70)40(21-32-13-7-5-8-14-32)61-45(69)26-58-43(67)24-57-42(66)15-9-6-12-20-56-31(3)65/h5,7-8,13-14,22-23,38,40,74H,4,6,9-12,15-21,24-29H2,1-3H3,(H,56,65)(H,57,66)(H,58,67)(H,59,70)(H,60,68)(H,61,69)(H,63,72)/t38-,40-,54-/m0/s1. The number of aliphatic hydroxyl groups is 1. The topological polar surface area (TPSA) is 294 Å². The number of pyridine rings is 2. The number of hydrogen-bond acceptors (Lipinski definition) is 13. The molecule has 76 heavy (non-hydrogen) atoms. The number of aryl methyl sites for hydroxylation is 1. The number of benzene rings is 2. The Morgan fingerprint density at radius 1 is 0.882 bits per heavy atom. The zero-order chi connectivity index (χ0) is 54.3. The van der Waals surface area contributed by atoms with Gasteiger partial charge in [0, 0.05) is 48.9 Å². The van der Waals surface area contributed by atoms with E-state index in [-0.39, 0.29) is 68.6 Å². The SMILES string of the molecule is CC[C@@]1(O)C(=O)OCc2c1cc1n(c2=O)Cc2c-1nc1cc(F)c(C)c3c1c2[C@@H](NC(=O)C1(OCNC(=O)CNC(=O)[C@H](Cc2ccccc2)NC(=O)CNC(=O)CNC(=O)CCCCCNC(C)=O)CCCC1)CC3. The van der Waals surface area contributed by atoms with E-state index in [1.54, 1.807) is 50.2 Å². The zero-order valence-corrected chi connectivity index (χ0v) is 42.8. The number of halogens is 1. The molecule has 0 saturated heterocycles. The van der Waals surface area contributed by atoms with E-state index in [1.807, 2.05) is 0 Å². The number of carbonyl (C=O) groups excluding carboxylic acids is 8. The van der Waals surface area contributed by atoms with Crippen molar-refractivity contribution in [3.63, 3.8) is 0 Å². The highest BCUT2D eigenvalue weighted by molar-refractivity contribution is 5.95. The lowest BCUT2D eigenvalue weighted by Crippen LogP contribution is -2.53. The molecule has 2 aliphatic carbocycles. The number of unbranched alkanes of at least 4 members (excludes halogenated alkanes) is 2. The van der Waals surface area contributed by atoms with E-state index in [1.165, 1.54) is 17.6 Å². The normalized spacial score (nSPS) is 18.0. The van der Waals surface area contributed by atoms with Crippen LogP contribution >= 0.6 is 0 Å². The van der Waals surface area contributed by atoms with Gasteiger partial charge in [0.1, 0.15) is 30.8 Å². The summed E-state index contributed by atoms with van der Waals surface area (Å²) in [5.74, 6) is -4.83. The Balaban J connectivity index is 0.881. The fourth-order valence-electron chi connectivity index (χ4n) is 10.6. The molecule has 0 radical (unpaired) electrons. The van der Waals surface area contributed by atoms with Crippen LogP contribution in [0.15, 0.2) is 47.3 Å². The molecule has 0 bridgehead atoms. The Bertz CT molecular complexity index is 3030. The molecule has 1 fully saturated rings. The van der Waals surface area contributed by atoms with Gasteiger partial charge in [-0.2, -0.15) is 0 Å². The monoisotopic (exact) mass is 1050 g/mol. The number of esters is 1. The lowest BCUT2D eigenvalue weighted by molar-refractivity contribution is -0.172. The van der Waals surface area contributed by atoms with Gasteiger partial charge in [0.25, 0.3) is 11.5 Å². The molecule has 3 atom stereocenters. The Labute approximate surface area is 437 Å². The molecule has 7 amide bonds. The highest BCUT2D eigenvalue weighted by Gasteiger charge is 2.47. The summed E-state index contributed by atoms with van der Waals surface area (Å²) in [6.07, 6.45) is 5.01. The molecular formula is C54H64FN9O12. The van der Waals surface area contributed by atoms with Gasteiger partial charge in [-0.05, 0) is 93.0 Å². The maximum Gasteiger partial charge on any atom is 0.343 e. The Morgan fingerprint density at radius 3 is 2.33 bits per heavy atom. The molecule has 8 rings (SSSR count). The van der Waals surface area contributed by atoms with Gasteiger partial charge >= 0.3 is 5.97 Å². The number of nitrogens with zero attached hydrogens (tertiary/aromatic N) is 2. The van der Waals surface area contributed by atoms with Gasteiger partial charge in [-0.1, -0.05) is 43.7 Å². The smallest absolute Gasteiger partial charge is 0.343 e.